The quantitative estimate of drug-likeness (QED) is 0.301. The van der Waals surface area contributed by atoms with Gasteiger partial charge in [-0.25, -0.2) is 12.7 Å². The Morgan fingerprint density at radius 2 is 1.66 bits per heavy atom. The molecule has 3 rings (SSSR count). The van der Waals surface area contributed by atoms with Crippen molar-refractivity contribution in [3.63, 3.8) is 0 Å². The Morgan fingerprint density at radius 3 is 2.27 bits per heavy atom. The molecule has 0 spiro atoms. The lowest BCUT2D eigenvalue weighted by Gasteiger charge is -2.36. The second kappa shape index (κ2) is 13.7. The average Bonchev–Trinajstić information content (AvgIpc) is 3.42. The molecule has 0 saturated heterocycles. The summed E-state index contributed by atoms with van der Waals surface area (Å²) in [5, 5.41) is 4.10. The number of rotatable bonds is 13. The Bertz CT molecular complexity index is 1460. The number of hydrogen-bond acceptors (Lipinski definition) is 6. The minimum Gasteiger partial charge on any atom is -0.339 e. The maximum atomic E-state index is 14.2. The summed E-state index contributed by atoms with van der Waals surface area (Å²) in [4.78, 5) is 31.6. The minimum atomic E-state index is -3.46. The van der Waals surface area contributed by atoms with E-state index in [0.717, 1.165) is 27.5 Å². The highest BCUT2D eigenvalue weighted by molar-refractivity contribution is 7.88. The van der Waals surface area contributed by atoms with E-state index in [-0.39, 0.29) is 18.4 Å². The Balaban J connectivity index is 1.95. The highest BCUT2D eigenvalue weighted by Crippen LogP contribution is 2.21. The zero-order valence-corrected chi connectivity index (χ0v) is 26.4. The zero-order valence-electron chi connectivity index (χ0n) is 24.8. The third kappa shape index (κ3) is 9.49. The van der Waals surface area contributed by atoms with Gasteiger partial charge in [0, 0.05) is 50.9 Å². The second-order valence-electron chi connectivity index (χ2n) is 11.4. The number of hydrogen-bond donors (Lipinski definition) is 1. The van der Waals surface area contributed by atoms with Crippen molar-refractivity contribution in [3.05, 3.63) is 82.6 Å². The van der Waals surface area contributed by atoms with Gasteiger partial charge in [0.25, 0.3) is 0 Å². The summed E-state index contributed by atoms with van der Waals surface area (Å²) in [6.07, 6.45) is 5.67. The topological polar surface area (TPSA) is 104 Å². The number of benzene rings is 2. The fourth-order valence-electron chi connectivity index (χ4n) is 4.55. The van der Waals surface area contributed by atoms with Crippen molar-refractivity contribution in [2.24, 2.45) is 5.73 Å². The number of amides is 2. The Morgan fingerprint density at radius 1 is 0.976 bits per heavy atom. The van der Waals surface area contributed by atoms with Crippen LogP contribution in [0.3, 0.4) is 0 Å². The van der Waals surface area contributed by atoms with Crippen molar-refractivity contribution in [3.8, 4) is 0 Å². The van der Waals surface area contributed by atoms with E-state index in [1.54, 1.807) is 36.4 Å². The zero-order chi connectivity index (χ0) is 30.4. The predicted octanol–water partition coefficient (Wildman–Crippen LogP) is 3.92. The molecule has 0 bridgehead atoms. The highest BCUT2D eigenvalue weighted by Gasteiger charge is 2.33. The molecule has 8 nitrogen and oxygen atoms in total. The maximum absolute atomic E-state index is 14.2. The fraction of sp³-hybridized carbons (Fsp3) is 0.419. The number of fused-ring (bicyclic) bond motifs is 1. The van der Waals surface area contributed by atoms with E-state index >= 15 is 0 Å². The molecule has 1 heterocycles. The van der Waals surface area contributed by atoms with Crippen LogP contribution < -0.4 is 5.73 Å². The molecule has 2 amide bonds. The van der Waals surface area contributed by atoms with Gasteiger partial charge in [-0.15, -0.1) is 11.3 Å². The van der Waals surface area contributed by atoms with Gasteiger partial charge in [-0.3, -0.25) is 9.59 Å². The molecular weight excluding hydrogens is 556 g/mol. The van der Waals surface area contributed by atoms with Crippen LogP contribution in [0.4, 0.5) is 0 Å². The molecule has 2 aromatic carbocycles. The number of nitrogens with two attached hydrogens (primary N) is 1. The van der Waals surface area contributed by atoms with E-state index in [2.05, 4.69) is 0 Å². The van der Waals surface area contributed by atoms with Gasteiger partial charge < -0.3 is 15.5 Å². The van der Waals surface area contributed by atoms with Crippen LogP contribution in [-0.4, -0.2) is 85.9 Å². The monoisotopic (exact) mass is 598 g/mol. The molecule has 0 unspecified atom stereocenters. The number of sulfonamides is 1. The van der Waals surface area contributed by atoms with Crippen LogP contribution in [0.1, 0.15) is 30.7 Å². The lowest BCUT2D eigenvalue weighted by Crippen LogP contribution is -2.54. The normalized spacial score (nSPS) is 14.0. The summed E-state index contributed by atoms with van der Waals surface area (Å²) >= 11 is 1.56. The van der Waals surface area contributed by atoms with E-state index < -0.39 is 27.6 Å². The molecule has 0 aliphatic carbocycles. The first-order valence-electron chi connectivity index (χ1n) is 13.6. The number of nitrogens with zero attached hydrogens (tertiary/aromatic N) is 3. The molecule has 222 valence electrons. The van der Waals surface area contributed by atoms with Crippen LogP contribution in [0.5, 0.6) is 0 Å². The van der Waals surface area contributed by atoms with Crippen molar-refractivity contribution in [2.45, 2.75) is 50.7 Å². The van der Waals surface area contributed by atoms with E-state index in [4.69, 9.17) is 5.73 Å². The maximum Gasteiger partial charge on any atom is 0.246 e. The molecule has 0 radical (unpaired) electrons. The van der Waals surface area contributed by atoms with Crippen LogP contribution in [0.15, 0.2) is 72.1 Å². The first-order chi connectivity index (χ1) is 19.2. The van der Waals surface area contributed by atoms with Crippen molar-refractivity contribution < 1.29 is 18.0 Å². The van der Waals surface area contributed by atoms with Crippen LogP contribution in [0.25, 0.3) is 10.8 Å². The summed E-state index contributed by atoms with van der Waals surface area (Å²) in [5.74, 6) is -0.560. The highest BCUT2D eigenvalue weighted by atomic mass is 32.2. The fourth-order valence-corrected chi connectivity index (χ4v) is 5.77. The van der Waals surface area contributed by atoms with Crippen molar-refractivity contribution in [2.75, 3.05) is 33.9 Å². The largest absolute Gasteiger partial charge is 0.339 e. The second-order valence-corrected chi connectivity index (χ2v) is 14.5. The molecule has 10 heteroatoms. The Labute approximate surface area is 248 Å². The average molecular weight is 599 g/mol. The summed E-state index contributed by atoms with van der Waals surface area (Å²) in [6.45, 7) is 3.90. The first-order valence-corrected chi connectivity index (χ1v) is 16.3. The van der Waals surface area contributed by atoms with Gasteiger partial charge in [0.15, 0.2) is 0 Å². The summed E-state index contributed by atoms with van der Waals surface area (Å²) in [7, 11) is 1.38. The smallest absolute Gasteiger partial charge is 0.246 e. The number of thiophene rings is 1. The molecule has 41 heavy (non-hydrogen) atoms. The molecule has 0 aliphatic rings. The Kier molecular flexibility index (Phi) is 10.9. The van der Waals surface area contributed by atoms with Gasteiger partial charge >= 0.3 is 0 Å². The van der Waals surface area contributed by atoms with Crippen molar-refractivity contribution in [1.82, 2.24) is 14.1 Å². The molecule has 2 N–H and O–H groups in total. The lowest BCUT2D eigenvalue weighted by atomic mass is 9.99. The van der Waals surface area contributed by atoms with Gasteiger partial charge in [-0.05, 0) is 54.1 Å². The van der Waals surface area contributed by atoms with Gasteiger partial charge in [-0.2, -0.15) is 0 Å². The van der Waals surface area contributed by atoms with Gasteiger partial charge in [0.2, 0.25) is 21.8 Å². The van der Waals surface area contributed by atoms with E-state index in [1.807, 2.05) is 73.8 Å². The van der Waals surface area contributed by atoms with Crippen molar-refractivity contribution >= 4 is 43.9 Å². The summed E-state index contributed by atoms with van der Waals surface area (Å²) in [5.41, 5.74) is 6.53. The summed E-state index contributed by atoms with van der Waals surface area (Å²) < 4.78 is 25.8. The summed E-state index contributed by atoms with van der Waals surface area (Å²) in [6, 6.07) is 16.7. The lowest BCUT2D eigenvalue weighted by molar-refractivity contribution is -0.143. The van der Waals surface area contributed by atoms with Crippen LogP contribution in [0, 0.1) is 0 Å². The van der Waals surface area contributed by atoms with Gasteiger partial charge in [-0.1, -0.05) is 54.6 Å². The SMILES string of the molecule is CN(C(=O)[C@@H](Cc1ccc2ccccc2c1)N(C)C(=O)/C=C/CC(C)(C)N)[C@H](Cc1cccs1)CN(C)S(C)(=O)=O. The molecule has 1 aromatic heterocycles. The van der Waals surface area contributed by atoms with E-state index in [0.29, 0.717) is 19.3 Å². The predicted molar refractivity (Wildman–Crippen MR) is 168 cm³/mol. The molecular formula is C31H42N4O4S2. The molecule has 2 atom stereocenters. The molecule has 0 fully saturated rings. The van der Waals surface area contributed by atoms with Gasteiger partial charge in [0.05, 0.1) is 12.3 Å². The minimum absolute atomic E-state index is 0.130. The van der Waals surface area contributed by atoms with E-state index in [1.165, 1.54) is 22.3 Å². The Hall–Kier alpha value is -3.05. The number of carbonyl (C=O) groups excluding carboxylic acids is 2. The van der Waals surface area contributed by atoms with Crippen LogP contribution in [-0.2, 0) is 32.5 Å². The first kappa shape index (κ1) is 32.5. The van der Waals surface area contributed by atoms with Crippen LogP contribution in [0.2, 0.25) is 0 Å². The van der Waals surface area contributed by atoms with Crippen LogP contribution >= 0.6 is 11.3 Å². The molecule has 0 aliphatic heterocycles. The third-order valence-electron chi connectivity index (χ3n) is 7.19. The van der Waals surface area contributed by atoms with Crippen molar-refractivity contribution in [1.29, 1.82) is 0 Å². The van der Waals surface area contributed by atoms with Gasteiger partial charge in [0.1, 0.15) is 6.04 Å². The third-order valence-corrected chi connectivity index (χ3v) is 9.37. The molecule has 0 saturated carbocycles. The number of carbonyl (C=O) groups is 2. The van der Waals surface area contributed by atoms with E-state index in [9.17, 15) is 18.0 Å². The molecule has 3 aromatic rings. The number of likely N-dealkylation sites (N-methyl/N-ethyl adjacent to an activating group) is 3. The standard InChI is InChI=1S/C31H42N4O4S2/c1-31(2,32)17-9-14-29(36)35(5)28(20-23-15-16-24-11-7-8-12-25(24)19-23)30(37)34(4)26(21-27-13-10-18-40-27)22-33(3)41(6,38)39/h7-16,18-19,26,28H,17,20-22,32H2,1-6H3/b14-9+/t26-,28-/m1/s1.